The number of phenolic OH excluding ortho intramolecular Hbond substituents is 1. The molecule has 0 bridgehead atoms. The molecule has 0 spiro atoms. The third-order valence-electron chi connectivity index (χ3n) is 6.53. The van der Waals surface area contributed by atoms with Gasteiger partial charge in [-0.15, -0.1) is 0 Å². The van der Waals surface area contributed by atoms with E-state index < -0.39 is 17.7 Å². The number of hydrogen-bond acceptors (Lipinski definition) is 6. The summed E-state index contributed by atoms with van der Waals surface area (Å²) >= 11 is 0. The summed E-state index contributed by atoms with van der Waals surface area (Å²) in [7, 11) is 1.47. The number of aliphatic hydroxyl groups excluding tert-OH is 1. The van der Waals surface area contributed by atoms with Crippen molar-refractivity contribution in [3.05, 3.63) is 89.0 Å². The van der Waals surface area contributed by atoms with Gasteiger partial charge in [0, 0.05) is 18.8 Å². The standard InChI is InChI=1S/C29H30N2O5/c1-5-30(6-2)20-14-12-19(13-15-20)26-25(27(33)21-9-7-8-10-24(21)36-4)28(34)29(35)31(26)22-17-18(3)11-16-23(22)32/h7-17,26,32-33H,5-6H2,1-4H3/b27-25+. The SMILES string of the molecule is CCN(CC)c1ccc(C2/C(=C(\O)c3ccccc3OC)C(=O)C(=O)N2c2cc(C)ccc2O)cc1. The number of hydrogen-bond donors (Lipinski definition) is 2. The fourth-order valence-corrected chi connectivity index (χ4v) is 4.66. The molecular weight excluding hydrogens is 456 g/mol. The lowest BCUT2D eigenvalue weighted by Crippen LogP contribution is -2.29. The van der Waals surface area contributed by atoms with Crippen molar-refractivity contribution in [1.82, 2.24) is 0 Å². The molecule has 0 radical (unpaired) electrons. The zero-order valence-electron chi connectivity index (χ0n) is 20.9. The molecule has 3 aromatic carbocycles. The number of para-hydroxylation sites is 1. The number of phenols is 1. The van der Waals surface area contributed by atoms with Crippen molar-refractivity contribution < 1.29 is 24.5 Å². The normalized spacial score (nSPS) is 16.9. The zero-order chi connectivity index (χ0) is 26.0. The molecule has 4 rings (SSSR count). The third kappa shape index (κ3) is 4.28. The van der Waals surface area contributed by atoms with Gasteiger partial charge in [0.1, 0.15) is 17.3 Å². The largest absolute Gasteiger partial charge is 0.507 e. The van der Waals surface area contributed by atoms with Crippen molar-refractivity contribution in [1.29, 1.82) is 0 Å². The number of aromatic hydroxyl groups is 1. The summed E-state index contributed by atoms with van der Waals surface area (Å²) in [6.07, 6.45) is 0. The van der Waals surface area contributed by atoms with Crippen LogP contribution >= 0.6 is 0 Å². The minimum Gasteiger partial charge on any atom is -0.507 e. The van der Waals surface area contributed by atoms with Gasteiger partial charge in [0.2, 0.25) is 0 Å². The maximum Gasteiger partial charge on any atom is 0.300 e. The fraction of sp³-hybridized carbons (Fsp3) is 0.241. The number of ether oxygens (including phenoxy) is 1. The van der Waals surface area contributed by atoms with E-state index in [-0.39, 0.29) is 22.8 Å². The van der Waals surface area contributed by atoms with Crippen LogP contribution in [0.4, 0.5) is 11.4 Å². The Bertz CT molecular complexity index is 1330. The molecule has 1 aliphatic heterocycles. The van der Waals surface area contributed by atoms with Gasteiger partial charge in [0.25, 0.3) is 11.7 Å². The van der Waals surface area contributed by atoms with Gasteiger partial charge in [-0.1, -0.05) is 30.3 Å². The van der Waals surface area contributed by atoms with Crippen LogP contribution in [0.1, 0.15) is 36.6 Å². The number of anilines is 2. The molecule has 7 heteroatoms. The molecule has 1 saturated heterocycles. The minimum atomic E-state index is -0.951. The second-order valence-corrected chi connectivity index (χ2v) is 8.63. The lowest BCUT2D eigenvalue weighted by molar-refractivity contribution is -0.132. The number of benzene rings is 3. The van der Waals surface area contributed by atoms with Crippen molar-refractivity contribution in [3.63, 3.8) is 0 Å². The van der Waals surface area contributed by atoms with Gasteiger partial charge >= 0.3 is 0 Å². The van der Waals surface area contributed by atoms with E-state index in [0.717, 1.165) is 24.3 Å². The highest BCUT2D eigenvalue weighted by Crippen LogP contribution is 2.45. The lowest BCUT2D eigenvalue weighted by Gasteiger charge is -2.27. The number of carbonyl (C=O) groups excluding carboxylic acids is 2. The number of aliphatic hydroxyl groups is 1. The first-order valence-electron chi connectivity index (χ1n) is 11.9. The van der Waals surface area contributed by atoms with E-state index in [1.807, 2.05) is 31.2 Å². The number of amides is 1. The summed E-state index contributed by atoms with van der Waals surface area (Å²) < 4.78 is 5.39. The quantitative estimate of drug-likeness (QED) is 0.272. The predicted molar refractivity (Wildman–Crippen MR) is 141 cm³/mol. The van der Waals surface area contributed by atoms with Crippen LogP contribution in [0.5, 0.6) is 11.5 Å². The first-order chi connectivity index (χ1) is 17.3. The Morgan fingerprint density at radius 2 is 1.67 bits per heavy atom. The Hall–Kier alpha value is -4.26. The van der Waals surface area contributed by atoms with E-state index >= 15 is 0 Å². The first-order valence-corrected chi connectivity index (χ1v) is 11.9. The van der Waals surface area contributed by atoms with Crippen LogP contribution in [-0.2, 0) is 9.59 Å². The Morgan fingerprint density at radius 3 is 2.31 bits per heavy atom. The predicted octanol–water partition coefficient (Wildman–Crippen LogP) is 5.18. The van der Waals surface area contributed by atoms with E-state index in [2.05, 4.69) is 18.7 Å². The first kappa shape index (κ1) is 24.9. The van der Waals surface area contributed by atoms with Gasteiger partial charge in [0.15, 0.2) is 0 Å². The van der Waals surface area contributed by atoms with Crippen LogP contribution in [-0.4, -0.2) is 42.1 Å². The van der Waals surface area contributed by atoms with Crippen molar-refractivity contribution >= 4 is 28.8 Å². The van der Waals surface area contributed by atoms with E-state index in [9.17, 15) is 19.8 Å². The molecule has 0 aliphatic carbocycles. The number of ketones is 1. The number of Topliss-reactive ketones (excluding diaryl/α,β-unsaturated/α-hetero) is 1. The second kappa shape index (κ2) is 10.2. The molecule has 1 amide bonds. The van der Waals surface area contributed by atoms with Crippen LogP contribution in [0, 0.1) is 6.92 Å². The summed E-state index contributed by atoms with van der Waals surface area (Å²) in [4.78, 5) is 30.3. The van der Waals surface area contributed by atoms with Crippen LogP contribution in [0.3, 0.4) is 0 Å². The summed E-state index contributed by atoms with van der Waals surface area (Å²) in [6, 6.07) is 18.2. The molecule has 1 atom stereocenters. The smallest absolute Gasteiger partial charge is 0.300 e. The molecular formula is C29H30N2O5. The third-order valence-corrected chi connectivity index (χ3v) is 6.53. The Labute approximate surface area is 210 Å². The average molecular weight is 487 g/mol. The molecule has 1 unspecified atom stereocenters. The molecule has 186 valence electrons. The van der Waals surface area contributed by atoms with Crippen molar-refractivity contribution in [3.8, 4) is 11.5 Å². The summed E-state index contributed by atoms with van der Waals surface area (Å²) in [5.74, 6) is -1.76. The molecule has 0 aromatic heterocycles. The summed E-state index contributed by atoms with van der Waals surface area (Å²) in [5.41, 5.74) is 2.88. The van der Waals surface area contributed by atoms with E-state index in [4.69, 9.17) is 4.74 Å². The van der Waals surface area contributed by atoms with Gasteiger partial charge < -0.3 is 19.8 Å². The fourth-order valence-electron chi connectivity index (χ4n) is 4.66. The molecule has 0 saturated carbocycles. The highest BCUT2D eigenvalue weighted by molar-refractivity contribution is 6.52. The van der Waals surface area contributed by atoms with E-state index in [0.29, 0.717) is 16.9 Å². The van der Waals surface area contributed by atoms with Gasteiger partial charge in [0.05, 0.1) is 30.0 Å². The zero-order valence-corrected chi connectivity index (χ0v) is 20.9. The molecule has 7 nitrogen and oxygen atoms in total. The van der Waals surface area contributed by atoms with E-state index in [1.165, 1.54) is 18.1 Å². The van der Waals surface area contributed by atoms with Crippen molar-refractivity contribution in [2.75, 3.05) is 30.0 Å². The molecule has 1 fully saturated rings. The van der Waals surface area contributed by atoms with Crippen LogP contribution < -0.4 is 14.5 Å². The van der Waals surface area contributed by atoms with Gasteiger partial charge in [-0.25, -0.2) is 0 Å². The number of aryl methyl sites for hydroxylation is 1. The summed E-state index contributed by atoms with van der Waals surface area (Å²) in [5, 5.41) is 22.0. The Morgan fingerprint density at radius 1 is 1.00 bits per heavy atom. The maximum atomic E-state index is 13.4. The molecule has 3 aromatic rings. The lowest BCUT2D eigenvalue weighted by atomic mass is 9.94. The van der Waals surface area contributed by atoms with Crippen LogP contribution in [0.2, 0.25) is 0 Å². The average Bonchev–Trinajstić information content (AvgIpc) is 3.16. The number of carbonyl (C=O) groups is 2. The van der Waals surface area contributed by atoms with Gasteiger partial charge in [-0.05, 0) is 68.3 Å². The Balaban J connectivity index is 1.96. The minimum absolute atomic E-state index is 0.0685. The number of rotatable bonds is 7. The topological polar surface area (TPSA) is 90.3 Å². The molecule has 1 aliphatic rings. The van der Waals surface area contributed by atoms with Gasteiger partial charge in [-0.2, -0.15) is 0 Å². The van der Waals surface area contributed by atoms with Crippen molar-refractivity contribution in [2.24, 2.45) is 0 Å². The summed E-state index contributed by atoms with van der Waals surface area (Å²) in [6.45, 7) is 7.64. The highest BCUT2D eigenvalue weighted by Gasteiger charge is 2.48. The van der Waals surface area contributed by atoms with Crippen LogP contribution in [0.25, 0.3) is 5.76 Å². The second-order valence-electron chi connectivity index (χ2n) is 8.63. The Kier molecular flexibility index (Phi) is 7.01. The van der Waals surface area contributed by atoms with Crippen LogP contribution in [0.15, 0.2) is 72.3 Å². The monoisotopic (exact) mass is 486 g/mol. The van der Waals surface area contributed by atoms with Gasteiger partial charge in [-0.3, -0.25) is 14.5 Å². The molecule has 36 heavy (non-hydrogen) atoms. The molecule has 1 heterocycles. The molecule has 2 N–H and O–H groups in total. The van der Waals surface area contributed by atoms with E-state index in [1.54, 1.807) is 36.4 Å². The van der Waals surface area contributed by atoms with Crippen molar-refractivity contribution in [2.45, 2.75) is 26.8 Å². The number of methoxy groups -OCH3 is 1. The maximum absolute atomic E-state index is 13.4. The highest BCUT2D eigenvalue weighted by atomic mass is 16.5. The number of nitrogens with zero attached hydrogens (tertiary/aromatic N) is 2.